The number of alkyl halides is 3. The summed E-state index contributed by atoms with van der Waals surface area (Å²) in [6.45, 7) is 1.28. The zero-order valence-corrected chi connectivity index (χ0v) is 13.4. The van der Waals surface area contributed by atoms with Crippen LogP contribution in [0.4, 0.5) is 0 Å². The molecule has 116 valence electrons. The van der Waals surface area contributed by atoms with E-state index < -0.39 is 9.70 Å². The van der Waals surface area contributed by atoms with Gasteiger partial charge in [0.2, 0.25) is 0 Å². The van der Waals surface area contributed by atoms with Crippen molar-refractivity contribution in [3.8, 4) is 0 Å². The van der Waals surface area contributed by atoms with Gasteiger partial charge in [0, 0.05) is 18.7 Å². The summed E-state index contributed by atoms with van der Waals surface area (Å²) < 4.78 is -1.98. The van der Waals surface area contributed by atoms with Gasteiger partial charge in [0.05, 0.1) is 0 Å². The Balaban J connectivity index is 2.50. The smallest absolute Gasteiger partial charge is 0.272 e. The number of halogens is 3. The van der Waals surface area contributed by atoms with Crippen LogP contribution in [-0.2, 0) is 11.3 Å². The molecule has 0 heterocycles. The van der Waals surface area contributed by atoms with Gasteiger partial charge in [-0.05, 0) is 30.7 Å². The molecule has 21 heavy (non-hydrogen) atoms. The SMILES string of the molecule is NCCCNC(=O)c1ccc(CNC(=O)C(Cl)(Cl)Cl)cc1. The van der Waals surface area contributed by atoms with Crippen molar-refractivity contribution in [2.24, 2.45) is 5.73 Å². The van der Waals surface area contributed by atoms with Crippen molar-refractivity contribution in [3.05, 3.63) is 35.4 Å². The second-order valence-corrected chi connectivity index (χ2v) is 6.56. The van der Waals surface area contributed by atoms with Gasteiger partial charge in [0.25, 0.3) is 15.6 Å². The molecule has 1 rings (SSSR count). The average molecular weight is 353 g/mol. The van der Waals surface area contributed by atoms with Gasteiger partial charge in [0.1, 0.15) is 0 Å². The Kier molecular flexibility index (Phi) is 7.25. The van der Waals surface area contributed by atoms with Gasteiger partial charge in [0.15, 0.2) is 0 Å². The maximum atomic E-state index is 11.8. The number of nitrogens with one attached hydrogen (secondary N) is 2. The average Bonchev–Trinajstić information content (AvgIpc) is 2.44. The Morgan fingerprint density at radius 1 is 1.10 bits per heavy atom. The van der Waals surface area contributed by atoms with Crippen LogP contribution in [0.25, 0.3) is 0 Å². The van der Waals surface area contributed by atoms with E-state index in [4.69, 9.17) is 40.5 Å². The molecule has 0 radical (unpaired) electrons. The summed E-state index contributed by atoms with van der Waals surface area (Å²) >= 11 is 16.3. The van der Waals surface area contributed by atoms with Crippen LogP contribution in [0, 0.1) is 0 Å². The van der Waals surface area contributed by atoms with Crippen LogP contribution in [-0.4, -0.2) is 28.7 Å². The molecule has 0 fully saturated rings. The molecule has 4 N–H and O–H groups in total. The van der Waals surface area contributed by atoms with Crippen molar-refractivity contribution in [2.75, 3.05) is 13.1 Å². The van der Waals surface area contributed by atoms with Crippen molar-refractivity contribution in [3.63, 3.8) is 0 Å². The molecule has 8 heteroatoms. The number of amides is 2. The van der Waals surface area contributed by atoms with E-state index in [0.717, 1.165) is 12.0 Å². The van der Waals surface area contributed by atoms with E-state index in [9.17, 15) is 9.59 Å². The first kappa shape index (κ1) is 18.0. The zero-order chi connectivity index (χ0) is 15.9. The molecule has 0 aliphatic carbocycles. The largest absolute Gasteiger partial charge is 0.352 e. The Hall–Kier alpha value is -1.01. The van der Waals surface area contributed by atoms with Gasteiger partial charge >= 0.3 is 0 Å². The van der Waals surface area contributed by atoms with E-state index in [0.29, 0.717) is 18.7 Å². The number of hydrogen-bond acceptors (Lipinski definition) is 3. The number of benzene rings is 1. The quantitative estimate of drug-likeness (QED) is 0.539. The van der Waals surface area contributed by atoms with Crippen LogP contribution in [0.2, 0.25) is 0 Å². The fraction of sp³-hybridized carbons (Fsp3) is 0.385. The van der Waals surface area contributed by atoms with E-state index in [2.05, 4.69) is 10.6 Å². The van der Waals surface area contributed by atoms with Gasteiger partial charge < -0.3 is 16.4 Å². The van der Waals surface area contributed by atoms with Crippen LogP contribution in [0.3, 0.4) is 0 Å². The summed E-state index contributed by atoms with van der Waals surface area (Å²) in [5, 5.41) is 5.23. The van der Waals surface area contributed by atoms with E-state index in [-0.39, 0.29) is 12.5 Å². The summed E-state index contributed by atoms with van der Waals surface area (Å²) in [6.07, 6.45) is 0.729. The van der Waals surface area contributed by atoms with Crippen molar-refractivity contribution in [1.29, 1.82) is 0 Å². The lowest BCUT2D eigenvalue weighted by Crippen LogP contribution is -2.34. The number of carbonyl (C=O) groups excluding carboxylic acids is 2. The molecule has 0 spiro atoms. The van der Waals surface area contributed by atoms with Crippen LogP contribution in [0.15, 0.2) is 24.3 Å². The summed E-state index contributed by atoms with van der Waals surface area (Å²) in [5.41, 5.74) is 6.67. The second-order valence-electron chi connectivity index (χ2n) is 4.28. The van der Waals surface area contributed by atoms with E-state index in [1.54, 1.807) is 24.3 Å². The van der Waals surface area contributed by atoms with Crippen molar-refractivity contribution in [2.45, 2.75) is 16.8 Å². The van der Waals surface area contributed by atoms with Crippen LogP contribution in [0.1, 0.15) is 22.3 Å². The maximum absolute atomic E-state index is 11.8. The summed E-state index contributed by atoms with van der Waals surface area (Å²) in [5.74, 6) is -0.864. The van der Waals surface area contributed by atoms with Gasteiger partial charge in [-0.2, -0.15) is 0 Å². The zero-order valence-electron chi connectivity index (χ0n) is 11.2. The Bertz CT molecular complexity index is 486. The first-order valence-corrected chi connectivity index (χ1v) is 7.40. The molecule has 2 amide bonds. The lowest BCUT2D eigenvalue weighted by atomic mass is 10.1. The third-order valence-electron chi connectivity index (χ3n) is 2.59. The minimum absolute atomic E-state index is 0.166. The molecular weight excluding hydrogens is 337 g/mol. The van der Waals surface area contributed by atoms with Gasteiger partial charge in [-0.15, -0.1) is 0 Å². The van der Waals surface area contributed by atoms with E-state index in [1.165, 1.54) is 0 Å². The number of carbonyl (C=O) groups is 2. The number of hydrogen-bond donors (Lipinski definition) is 3. The molecule has 5 nitrogen and oxygen atoms in total. The fourth-order valence-corrected chi connectivity index (χ4v) is 1.66. The van der Waals surface area contributed by atoms with Crippen LogP contribution < -0.4 is 16.4 Å². The normalized spacial score (nSPS) is 11.0. The lowest BCUT2D eigenvalue weighted by Gasteiger charge is -2.11. The topological polar surface area (TPSA) is 84.2 Å². The molecular formula is C13H16Cl3N3O2. The molecule has 0 aliphatic heterocycles. The molecule has 0 unspecified atom stereocenters. The Morgan fingerprint density at radius 2 is 1.71 bits per heavy atom. The number of nitrogens with two attached hydrogens (primary N) is 1. The second kappa shape index (κ2) is 8.44. The Labute approximate surface area is 138 Å². The minimum atomic E-state index is -1.98. The van der Waals surface area contributed by atoms with Gasteiger partial charge in [-0.1, -0.05) is 46.9 Å². The first-order valence-electron chi connectivity index (χ1n) is 6.27. The fourth-order valence-electron chi connectivity index (χ4n) is 1.46. The Morgan fingerprint density at radius 3 is 2.24 bits per heavy atom. The molecule has 0 aromatic heterocycles. The summed E-state index contributed by atoms with van der Waals surface area (Å²) in [4.78, 5) is 23.1. The van der Waals surface area contributed by atoms with Gasteiger partial charge in [-0.25, -0.2) is 0 Å². The van der Waals surface area contributed by atoms with Crippen molar-refractivity contribution in [1.82, 2.24) is 10.6 Å². The molecule has 0 aliphatic rings. The standard InChI is InChI=1S/C13H16Cl3N3O2/c14-13(15,16)12(21)19-8-9-2-4-10(5-3-9)11(20)18-7-1-6-17/h2-5H,1,6-8,17H2,(H,18,20)(H,19,21). The highest BCUT2D eigenvalue weighted by atomic mass is 35.6. The van der Waals surface area contributed by atoms with Crippen LogP contribution >= 0.6 is 34.8 Å². The third kappa shape index (κ3) is 6.52. The molecule has 1 aromatic rings. The maximum Gasteiger partial charge on any atom is 0.272 e. The van der Waals surface area contributed by atoms with E-state index in [1.807, 2.05) is 0 Å². The molecule has 0 saturated carbocycles. The first-order chi connectivity index (χ1) is 9.84. The monoisotopic (exact) mass is 351 g/mol. The van der Waals surface area contributed by atoms with Crippen LogP contribution in [0.5, 0.6) is 0 Å². The molecule has 1 aromatic carbocycles. The minimum Gasteiger partial charge on any atom is -0.352 e. The molecule has 0 bridgehead atoms. The molecule has 0 atom stereocenters. The highest BCUT2D eigenvalue weighted by molar-refractivity contribution is 6.76. The predicted molar refractivity (Wildman–Crippen MR) is 84.6 cm³/mol. The van der Waals surface area contributed by atoms with E-state index >= 15 is 0 Å². The van der Waals surface area contributed by atoms with Crippen molar-refractivity contribution >= 4 is 46.6 Å². The highest BCUT2D eigenvalue weighted by Crippen LogP contribution is 2.25. The summed E-state index contributed by atoms with van der Waals surface area (Å²) in [6, 6.07) is 6.76. The summed E-state index contributed by atoms with van der Waals surface area (Å²) in [7, 11) is 0. The predicted octanol–water partition coefficient (Wildman–Crippen LogP) is 1.75. The third-order valence-corrected chi connectivity index (χ3v) is 3.11. The highest BCUT2D eigenvalue weighted by Gasteiger charge is 2.30. The van der Waals surface area contributed by atoms with Gasteiger partial charge in [-0.3, -0.25) is 9.59 Å². The van der Waals surface area contributed by atoms with Crippen molar-refractivity contribution < 1.29 is 9.59 Å². The number of rotatable bonds is 6. The molecule has 0 saturated heterocycles. The lowest BCUT2D eigenvalue weighted by molar-refractivity contribution is -0.120.